The van der Waals surface area contributed by atoms with Gasteiger partial charge in [-0.2, -0.15) is 0 Å². The minimum absolute atomic E-state index is 0.0737. The van der Waals surface area contributed by atoms with Crippen molar-refractivity contribution in [1.82, 2.24) is 9.88 Å². The first-order valence-corrected chi connectivity index (χ1v) is 11.7. The molecule has 0 bridgehead atoms. The number of allylic oxidation sites excluding steroid dienone is 2. The lowest BCUT2D eigenvalue weighted by atomic mass is 9.94. The van der Waals surface area contributed by atoms with E-state index in [0.29, 0.717) is 13.1 Å². The zero-order valence-electron chi connectivity index (χ0n) is 17.5. The summed E-state index contributed by atoms with van der Waals surface area (Å²) in [5.41, 5.74) is 5.92. The van der Waals surface area contributed by atoms with Crippen LogP contribution in [0.3, 0.4) is 0 Å². The van der Waals surface area contributed by atoms with Gasteiger partial charge in [0.25, 0.3) is 0 Å². The average Bonchev–Trinajstić information content (AvgIpc) is 3.16. The third kappa shape index (κ3) is 4.55. The van der Waals surface area contributed by atoms with E-state index in [4.69, 9.17) is 9.88 Å². The smallest absolute Gasteiger partial charge is 0.410 e. The maximum absolute atomic E-state index is 12.1. The molecule has 31 heavy (non-hydrogen) atoms. The van der Waals surface area contributed by atoms with Crippen LogP contribution in [0.5, 0.6) is 0 Å². The van der Waals surface area contributed by atoms with Gasteiger partial charge in [0.15, 0.2) is 0 Å². The van der Waals surface area contributed by atoms with Gasteiger partial charge in [-0.3, -0.25) is 4.98 Å². The van der Waals surface area contributed by atoms with Gasteiger partial charge in [-0.1, -0.05) is 24.3 Å². The summed E-state index contributed by atoms with van der Waals surface area (Å²) in [5.74, 6) is 0. The van der Waals surface area contributed by atoms with Crippen LogP contribution in [0.1, 0.15) is 31.5 Å². The zero-order valence-corrected chi connectivity index (χ0v) is 18.4. The SMILES string of the molecule is CC(C)OC(=O)N1CC=C(C2=CCc3ncc(-c4cccc(S(N)(=O)=O)c4)cc32)CC1. The fourth-order valence-electron chi connectivity index (χ4n) is 3.87. The van der Waals surface area contributed by atoms with Gasteiger partial charge in [0, 0.05) is 36.8 Å². The first kappa shape index (κ1) is 21.3. The highest BCUT2D eigenvalue weighted by atomic mass is 32.2. The quantitative estimate of drug-likeness (QED) is 0.785. The van der Waals surface area contributed by atoms with Gasteiger partial charge >= 0.3 is 6.09 Å². The number of pyridine rings is 1. The molecule has 0 atom stereocenters. The lowest BCUT2D eigenvalue weighted by Gasteiger charge is -2.27. The summed E-state index contributed by atoms with van der Waals surface area (Å²) in [5, 5.41) is 5.28. The molecule has 1 amide bonds. The van der Waals surface area contributed by atoms with Gasteiger partial charge in [0.05, 0.1) is 16.7 Å². The Kier molecular flexibility index (Phi) is 5.68. The summed E-state index contributed by atoms with van der Waals surface area (Å²) in [4.78, 5) is 18.5. The maximum atomic E-state index is 12.1. The van der Waals surface area contributed by atoms with Crippen molar-refractivity contribution in [2.24, 2.45) is 5.14 Å². The van der Waals surface area contributed by atoms with Crippen LogP contribution in [-0.4, -0.2) is 43.6 Å². The van der Waals surface area contributed by atoms with Crippen LogP contribution in [0.2, 0.25) is 0 Å². The Morgan fingerprint density at radius 2 is 2.00 bits per heavy atom. The van der Waals surface area contributed by atoms with Gasteiger partial charge in [-0.25, -0.2) is 18.4 Å². The summed E-state index contributed by atoms with van der Waals surface area (Å²) < 4.78 is 28.7. The number of carbonyl (C=O) groups excluding carboxylic acids is 1. The second-order valence-electron chi connectivity index (χ2n) is 7.97. The molecule has 7 nitrogen and oxygen atoms in total. The number of amides is 1. The van der Waals surface area contributed by atoms with E-state index in [1.807, 2.05) is 26.0 Å². The number of fused-ring (bicyclic) bond motifs is 1. The number of hydrogen-bond donors (Lipinski definition) is 1. The minimum Gasteiger partial charge on any atom is -0.447 e. The van der Waals surface area contributed by atoms with E-state index >= 15 is 0 Å². The topological polar surface area (TPSA) is 103 Å². The van der Waals surface area contributed by atoms with Gasteiger partial charge in [0.2, 0.25) is 10.0 Å². The predicted octanol–water partition coefficient (Wildman–Crippen LogP) is 3.51. The summed E-state index contributed by atoms with van der Waals surface area (Å²) in [7, 11) is -3.78. The van der Waals surface area contributed by atoms with E-state index < -0.39 is 10.0 Å². The number of rotatable bonds is 4. The summed E-state index contributed by atoms with van der Waals surface area (Å²) >= 11 is 0. The van der Waals surface area contributed by atoms with Crippen LogP contribution >= 0.6 is 0 Å². The first-order chi connectivity index (χ1) is 14.7. The Morgan fingerprint density at radius 3 is 2.68 bits per heavy atom. The Bertz CT molecular complexity index is 1200. The number of benzene rings is 1. The third-order valence-corrected chi connectivity index (χ3v) is 6.32. The molecule has 0 unspecified atom stereocenters. The van der Waals surface area contributed by atoms with Crippen LogP contribution in [0.4, 0.5) is 4.79 Å². The molecule has 0 saturated carbocycles. The summed E-state index contributed by atoms with van der Waals surface area (Å²) in [6.45, 7) is 4.80. The lowest BCUT2D eigenvalue weighted by Crippen LogP contribution is -2.36. The van der Waals surface area contributed by atoms with Crippen LogP contribution in [0, 0.1) is 0 Å². The van der Waals surface area contributed by atoms with Gasteiger partial charge in [-0.05, 0) is 55.2 Å². The molecule has 2 aliphatic rings. The highest BCUT2D eigenvalue weighted by Crippen LogP contribution is 2.37. The fourth-order valence-corrected chi connectivity index (χ4v) is 4.43. The molecule has 1 aliphatic carbocycles. The summed E-state index contributed by atoms with van der Waals surface area (Å²) in [6, 6.07) is 8.61. The fraction of sp³-hybridized carbons (Fsp3) is 0.304. The number of aromatic nitrogens is 1. The molecular weight excluding hydrogens is 414 g/mol. The van der Waals surface area contributed by atoms with Gasteiger partial charge < -0.3 is 9.64 Å². The maximum Gasteiger partial charge on any atom is 0.410 e. The van der Waals surface area contributed by atoms with E-state index in [2.05, 4.69) is 17.1 Å². The Hall–Kier alpha value is -2.97. The monoisotopic (exact) mass is 439 g/mol. The van der Waals surface area contributed by atoms with Crippen molar-refractivity contribution >= 4 is 21.7 Å². The second kappa shape index (κ2) is 8.28. The number of primary sulfonamides is 1. The molecule has 0 saturated heterocycles. The minimum atomic E-state index is -3.78. The van der Waals surface area contributed by atoms with E-state index in [1.165, 1.54) is 11.6 Å². The number of sulfonamides is 1. The molecule has 0 fully saturated rings. The molecule has 2 N–H and O–H groups in total. The molecule has 4 rings (SSSR count). The van der Waals surface area contributed by atoms with Crippen molar-refractivity contribution in [2.45, 2.75) is 37.7 Å². The predicted molar refractivity (Wildman–Crippen MR) is 119 cm³/mol. The van der Waals surface area contributed by atoms with Crippen molar-refractivity contribution in [3.05, 3.63) is 65.5 Å². The molecule has 1 aromatic heterocycles. The molecule has 0 spiro atoms. The van der Waals surface area contributed by atoms with Crippen molar-refractivity contribution in [1.29, 1.82) is 0 Å². The number of ether oxygens (including phenoxy) is 1. The van der Waals surface area contributed by atoms with Crippen LogP contribution < -0.4 is 5.14 Å². The number of nitrogens with zero attached hydrogens (tertiary/aromatic N) is 2. The Labute approximate surface area is 182 Å². The van der Waals surface area contributed by atoms with Gasteiger partial charge in [-0.15, -0.1) is 0 Å². The lowest BCUT2D eigenvalue weighted by molar-refractivity contribution is 0.0793. The largest absolute Gasteiger partial charge is 0.447 e. The van der Waals surface area contributed by atoms with E-state index in [1.54, 1.807) is 23.2 Å². The normalized spacial score (nSPS) is 16.1. The zero-order chi connectivity index (χ0) is 22.2. The first-order valence-electron chi connectivity index (χ1n) is 10.2. The second-order valence-corrected chi connectivity index (χ2v) is 9.53. The van der Waals surface area contributed by atoms with E-state index in [9.17, 15) is 13.2 Å². The highest BCUT2D eigenvalue weighted by molar-refractivity contribution is 7.89. The molecule has 1 aromatic carbocycles. The highest BCUT2D eigenvalue weighted by Gasteiger charge is 2.24. The van der Waals surface area contributed by atoms with E-state index in [0.717, 1.165) is 40.8 Å². The van der Waals surface area contributed by atoms with Crippen molar-refractivity contribution in [3.8, 4) is 11.1 Å². The third-order valence-electron chi connectivity index (χ3n) is 5.41. The number of hydrogen-bond acceptors (Lipinski definition) is 5. The van der Waals surface area contributed by atoms with Gasteiger partial charge in [0.1, 0.15) is 0 Å². The molecule has 2 heterocycles. The molecule has 0 radical (unpaired) electrons. The number of carbonyl (C=O) groups is 1. The molecule has 1 aliphatic heterocycles. The van der Waals surface area contributed by atoms with Crippen molar-refractivity contribution in [2.75, 3.05) is 13.1 Å². The van der Waals surface area contributed by atoms with E-state index in [-0.39, 0.29) is 17.1 Å². The van der Waals surface area contributed by atoms with Crippen LogP contribution in [0.25, 0.3) is 16.7 Å². The molecule has 8 heteroatoms. The summed E-state index contributed by atoms with van der Waals surface area (Å²) in [6.07, 6.45) is 7.06. The average molecular weight is 440 g/mol. The van der Waals surface area contributed by atoms with Crippen LogP contribution in [-0.2, 0) is 21.2 Å². The standard InChI is InChI=1S/C23H25N3O4S/c1-15(2)30-23(27)26-10-8-16(9-11-26)20-6-7-22-21(20)13-18(14-25-22)17-4-3-5-19(12-17)31(24,28)29/h3-6,8,12-15H,7,9-11H2,1-2H3,(H2,24,28,29). The Morgan fingerprint density at radius 1 is 1.19 bits per heavy atom. The van der Waals surface area contributed by atoms with Crippen LogP contribution in [0.15, 0.2) is 59.1 Å². The number of nitrogens with two attached hydrogens (primary N) is 1. The molecule has 162 valence electrons. The molecular formula is C23H25N3O4S. The molecule has 2 aromatic rings. The van der Waals surface area contributed by atoms with Crippen molar-refractivity contribution in [3.63, 3.8) is 0 Å². The van der Waals surface area contributed by atoms with Crippen molar-refractivity contribution < 1.29 is 17.9 Å². The Balaban J connectivity index is 1.59.